The molecule has 9 heteroatoms. The molecule has 112 valence electrons. The van der Waals surface area contributed by atoms with E-state index >= 15 is 0 Å². The zero-order chi connectivity index (χ0) is 14.8. The van der Waals surface area contributed by atoms with Crippen molar-refractivity contribution in [2.75, 3.05) is 19.6 Å². The number of piperidine rings is 1. The molecule has 1 aliphatic rings. The van der Waals surface area contributed by atoms with Crippen LogP contribution in [0.25, 0.3) is 0 Å². The van der Waals surface area contributed by atoms with Crippen LogP contribution in [-0.2, 0) is 10.0 Å². The normalized spacial score (nSPS) is 18.2. The van der Waals surface area contributed by atoms with Gasteiger partial charge in [0.25, 0.3) is 0 Å². The Balaban J connectivity index is 1.91. The van der Waals surface area contributed by atoms with Crippen molar-refractivity contribution in [3.63, 3.8) is 0 Å². The maximum Gasteiger partial charge on any atom is 0.250 e. The molecule has 1 saturated heterocycles. The number of thiophene rings is 1. The van der Waals surface area contributed by atoms with Gasteiger partial charge in [0, 0.05) is 25.7 Å². The van der Waals surface area contributed by atoms with Crippen LogP contribution in [0.4, 0.5) is 0 Å². The average molecular weight is 354 g/mol. The first-order valence-electron chi connectivity index (χ1n) is 6.15. The molecular formula is C11H16ClN3O2S3. The first-order chi connectivity index (χ1) is 9.37. The summed E-state index contributed by atoms with van der Waals surface area (Å²) in [6, 6.07) is 3.06. The molecule has 3 N–H and O–H groups in total. The lowest BCUT2D eigenvalue weighted by Crippen LogP contribution is -2.46. The van der Waals surface area contributed by atoms with E-state index < -0.39 is 10.0 Å². The van der Waals surface area contributed by atoms with Crippen molar-refractivity contribution in [2.24, 2.45) is 5.73 Å². The summed E-state index contributed by atoms with van der Waals surface area (Å²) in [4.78, 5) is 2.60. The van der Waals surface area contributed by atoms with Crippen LogP contribution in [0.5, 0.6) is 0 Å². The van der Waals surface area contributed by atoms with Crippen LogP contribution in [0.3, 0.4) is 0 Å². The van der Waals surface area contributed by atoms with E-state index in [2.05, 4.69) is 9.62 Å². The Morgan fingerprint density at radius 3 is 2.65 bits per heavy atom. The lowest BCUT2D eigenvalue weighted by Gasteiger charge is -2.31. The second kappa shape index (κ2) is 6.67. The third kappa shape index (κ3) is 4.37. The van der Waals surface area contributed by atoms with Crippen molar-refractivity contribution in [1.29, 1.82) is 0 Å². The first-order valence-corrected chi connectivity index (χ1v) is 9.24. The van der Waals surface area contributed by atoms with Gasteiger partial charge in [-0.15, -0.1) is 11.3 Å². The predicted octanol–water partition coefficient (Wildman–Crippen LogP) is 1.43. The first kappa shape index (κ1) is 16.1. The van der Waals surface area contributed by atoms with Crippen LogP contribution < -0.4 is 10.5 Å². The quantitative estimate of drug-likeness (QED) is 0.783. The number of nitrogens with two attached hydrogens (primary N) is 1. The molecule has 1 fully saturated rings. The second-order valence-corrected chi connectivity index (χ2v) is 8.88. The van der Waals surface area contributed by atoms with Crippen LogP contribution >= 0.6 is 35.2 Å². The molecule has 0 aromatic carbocycles. The molecule has 0 spiro atoms. The number of hydrogen-bond donors (Lipinski definition) is 2. The third-order valence-corrected chi connectivity index (χ3v) is 6.47. The molecule has 1 aromatic rings. The molecule has 5 nitrogen and oxygen atoms in total. The number of halogens is 1. The standard InChI is InChI=1S/C11H16ClN3O2S3/c12-9-1-2-11(19-9)20(16,17)14-8-3-5-15(6-4-8)7-10(13)18/h1-2,8,14H,3-7H2,(H2,13,18). The molecule has 0 unspecified atom stereocenters. The highest BCUT2D eigenvalue weighted by Gasteiger charge is 2.25. The van der Waals surface area contributed by atoms with Crippen LogP contribution in [-0.4, -0.2) is 44.0 Å². The SMILES string of the molecule is NC(=S)CN1CCC(NS(=O)(=O)c2ccc(Cl)s2)CC1. The minimum Gasteiger partial charge on any atom is -0.392 e. The van der Waals surface area contributed by atoms with Gasteiger partial charge in [-0.25, -0.2) is 13.1 Å². The Morgan fingerprint density at radius 2 is 2.15 bits per heavy atom. The Bertz CT molecular complexity index is 579. The summed E-state index contributed by atoms with van der Waals surface area (Å²) in [5.41, 5.74) is 5.51. The van der Waals surface area contributed by atoms with Gasteiger partial charge in [-0.05, 0) is 25.0 Å². The van der Waals surface area contributed by atoms with Gasteiger partial charge in [-0.2, -0.15) is 0 Å². The fourth-order valence-electron chi connectivity index (χ4n) is 2.15. The molecular weight excluding hydrogens is 338 g/mol. The van der Waals surface area contributed by atoms with Crippen molar-refractivity contribution < 1.29 is 8.42 Å². The predicted molar refractivity (Wildman–Crippen MR) is 85.9 cm³/mol. The molecule has 2 heterocycles. The maximum absolute atomic E-state index is 12.2. The van der Waals surface area contributed by atoms with Gasteiger partial charge < -0.3 is 5.73 Å². The highest BCUT2D eigenvalue weighted by molar-refractivity contribution is 7.91. The number of nitrogens with zero attached hydrogens (tertiary/aromatic N) is 1. The number of rotatable bonds is 5. The van der Waals surface area contributed by atoms with E-state index in [4.69, 9.17) is 29.6 Å². The summed E-state index contributed by atoms with van der Waals surface area (Å²) >= 11 is 11.7. The number of likely N-dealkylation sites (tertiary alicyclic amines) is 1. The average Bonchev–Trinajstić information content (AvgIpc) is 2.78. The highest BCUT2D eigenvalue weighted by Crippen LogP contribution is 2.26. The molecule has 20 heavy (non-hydrogen) atoms. The van der Waals surface area contributed by atoms with Crippen molar-refractivity contribution in [1.82, 2.24) is 9.62 Å². The summed E-state index contributed by atoms with van der Waals surface area (Å²) < 4.78 is 27.8. The zero-order valence-corrected chi connectivity index (χ0v) is 13.9. The minimum atomic E-state index is -3.46. The maximum atomic E-state index is 12.2. The molecule has 0 atom stereocenters. The van der Waals surface area contributed by atoms with Gasteiger partial charge in [-0.1, -0.05) is 23.8 Å². The summed E-state index contributed by atoms with van der Waals surface area (Å²) in [6.07, 6.45) is 1.50. The van der Waals surface area contributed by atoms with Gasteiger partial charge in [-0.3, -0.25) is 4.90 Å². The molecule has 0 saturated carbocycles. The summed E-state index contributed by atoms with van der Waals surface area (Å²) in [5.74, 6) is 0. The van der Waals surface area contributed by atoms with Crippen LogP contribution in [0.15, 0.2) is 16.3 Å². The minimum absolute atomic E-state index is 0.0523. The fraction of sp³-hybridized carbons (Fsp3) is 0.545. The van der Waals surface area contributed by atoms with E-state index in [1.165, 1.54) is 6.07 Å². The van der Waals surface area contributed by atoms with E-state index in [1.807, 2.05) is 0 Å². The van der Waals surface area contributed by atoms with Crippen molar-refractivity contribution in [2.45, 2.75) is 23.1 Å². The lowest BCUT2D eigenvalue weighted by atomic mass is 10.1. The topological polar surface area (TPSA) is 75.4 Å². The number of nitrogens with one attached hydrogen (secondary N) is 1. The van der Waals surface area contributed by atoms with Gasteiger partial charge in [0.2, 0.25) is 10.0 Å². The lowest BCUT2D eigenvalue weighted by molar-refractivity contribution is 0.233. The van der Waals surface area contributed by atoms with E-state index in [0.29, 0.717) is 15.9 Å². The van der Waals surface area contributed by atoms with E-state index in [0.717, 1.165) is 37.3 Å². The Labute approximate surface area is 133 Å². The number of thiocarbonyl (C=S) groups is 1. The Kier molecular flexibility index (Phi) is 5.38. The van der Waals surface area contributed by atoms with E-state index in [9.17, 15) is 8.42 Å². The van der Waals surface area contributed by atoms with Gasteiger partial charge in [0.15, 0.2) is 0 Å². The second-order valence-electron chi connectivity index (χ2n) is 4.70. The van der Waals surface area contributed by atoms with Gasteiger partial charge in [0.1, 0.15) is 4.21 Å². The Hall–Kier alpha value is -0.250. The molecule has 0 radical (unpaired) electrons. The van der Waals surface area contributed by atoms with Crippen molar-refractivity contribution >= 4 is 50.2 Å². The molecule has 0 aliphatic carbocycles. The Morgan fingerprint density at radius 1 is 1.50 bits per heavy atom. The smallest absolute Gasteiger partial charge is 0.250 e. The number of sulfonamides is 1. The van der Waals surface area contributed by atoms with Crippen molar-refractivity contribution in [3.8, 4) is 0 Å². The van der Waals surface area contributed by atoms with Crippen LogP contribution in [0.1, 0.15) is 12.8 Å². The molecule has 0 bridgehead atoms. The fourth-order valence-corrected chi connectivity index (χ4v) is 5.14. The number of hydrogen-bond acceptors (Lipinski definition) is 5. The summed E-state index contributed by atoms with van der Waals surface area (Å²) in [6.45, 7) is 2.17. The van der Waals surface area contributed by atoms with Crippen LogP contribution in [0, 0.1) is 0 Å². The summed E-state index contributed by atoms with van der Waals surface area (Å²) in [7, 11) is -3.46. The van der Waals surface area contributed by atoms with E-state index in [1.54, 1.807) is 6.07 Å². The summed E-state index contributed by atoms with van der Waals surface area (Å²) in [5, 5.41) is 0. The van der Waals surface area contributed by atoms with Gasteiger partial charge in [0.05, 0.1) is 9.32 Å². The molecule has 1 aromatic heterocycles. The van der Waals surface area contributed by atoms with Gasteiger partial charge >= 0.3 is 0 Å². The molecule has 1 aliphatic heterocycles. The monoisotopic (exact) mass is 353 g/mol. The molecule has 2 rings (SSSR count). The van der Waals surface area contributed by atoms with E-state index in [-0.39, 0.29) is 10.3 Å². The molecule has 0 amide bonds. The zero-order valence-electron chi connectivity index (χ0n) is 10.7. The van der Waals surface area contributed by atoms with Crippen molar-refractivity contribution in [3.05, 3.63) is 16.5 Å². The van der Waals surface area contributed by atoms with Crippen LogP contribution in [0.2, 0.25) is 4.34 Å². The third-order valence-electron chi connectivity index (χ3n) is 3.10. The highest BCUT2D eigenvalue weighted by atomic mass is 35.5. The largest absolute Gasteiger partial charge is 0.392 e.